The molecule has 0 bridgehead atoms. The first-order valence-corrected chi connectivity index (χ1v) is 13.5. The van der Waals surface area contributed by atoms with E-state index in [-0.39, 0.29) is 52.2 Å². The number of aliphatic hydroxyl groups is 2. The van der Waals surface area contributed by atoms with Crippen LogP contribution in [0, 0.1) is 45.3 Å². The molecule has 0 spiro atoms. The lowest BCUT2D eigenvalue weighted by molar-refractivity contribution is -0.170. The zero-order valence-electron chi connectivity index (χ0n) is 23.0. The van der Waals surface area contributed by atoms with Crippen LogP contribution in [0.1, 0.15) is 81.1 Å². The van der Waals surface area contributed by atoms with Crippen molar-refractivity contribution in [2.75, 3.05) is 0 Å². The molecular formula is C30H42O6. The van der Waals surface area contributed by atoms with Gasteiger partial charge in [-0.2, -0.15) is 0 Å². The van der Waals surface area contributed by atoms with Crippen molar-refractivity contribution in [1.82, 2.24) is 0 Å². The first kappa shape index (κ1) is 25.8. The molecule has 1 saturated heterocycles. The van der Waals surface area contributed by atoms with Gasteiger partial charge in [0.1, 0.15) is 11.9 Å². The smallest absolute Gasteiger partial charge is 0.206 e. The second-order valence-corrected chi connectivity index (χ2v) is 14.2. The Bertz CT molecular complexity index is 1110. The van der Waals surface area contributed by atoms with Crippen molar-refractivity contribution < 1.29 is 29.3 Å². The normalized spacial score (nSPS) is 48.0. The van der Waals surface area contributed by atoms with Gasteiger partial charge in [-0.15, -0.1) is 0 Å². The molecule has 6 heteroatoms. The predicted octanol–water partition coefficient (Wildman–Crippen LogP) is 4.74. The van der Waals surface area contributed by atoms with E-state index < -0.39 is 34.1 Å². The minimum Gasteiger partial charge on any atom is -0.505 e. The largest absolute Gasteiger partial charge is 0.505 e. The summed E-state index contributed by atoms with van der Waals surface area (Å²) in [5.74, 6) is -1.27. The predicted molar refractivity (Wildman–Crippen MR) is 135 cm³/mol. The number of carbonyl (C=O) groups excluding carboxylic acids is 3. The topological polar surface area (TPSA) is 101 Å². The minimum atomic E-state index is -0.862. The Hall–Kier alpha value is -1.79. The van der Waals surface area contributed by atoms with Gasteiger partial charge in [0, 0.05) is 24.2 Å². The maximum absolute atomic E-state index is 14.3. The summed E-state index contributed by atoms with van der Waals surface area (Å²) in [6.45, 7) is 15.9. The van der Waals surface area contributed by atoms with Gasteiger partial charge in [0.25, 0.3) is 0 Å². The van der Waals surface area contributed by atoms with Crippen LogP contribution >= 0.6 is 0 Å². The summed E-state index contributed by atoms with van der Waals surface area (Å²) in [6.07, 6.45) is 4.34. The van der Waals surface area contributed by atoms with Gasteiger partial charge in [-0.05, 0) is 75.2 Å². The van der Waals surface area contributed by atoms with Gasteiger partial charge in [0.15, 0.2) is 11.5 Å². The monoisotopic (exact) mass is 498 g/mol. The van der Waals surface area contributed by atoms with E-state index in [1.807, 2.05) is 41.5 Å². The van der Waals surface area contributed by atoms with Gasteiger partial charge < -0.3 is 14.9 Å². The molecule has 36 heavy (non-hydrogen) atoms. The number of rotatable bonds is 2. The molecule has 0 amide bonds. The Morgan fingerprint density at radius 1 is 1.00 bits per heavy atom. The number of Topliss-reactive ketones (excluding diaryl/α,β-unsaturated/α-hetero) is 3. The lowest BCUT2D eigenvalue weighted by Crippen LogP contribution is -2.62. The van der Waals surface area contributed by atoms with Gasteiger partial charge in [0.2, 0.25) is 5.78 Å². The van der Waals surface area contributed by atoms with Gasteiger partial charge >= 0.3 is 0 Å². The molecule has 0 aromatic rings. The summed E-state index contributed by atoms with van der Waals surface area (Å²) in [5.41, 5.74) is -2.14. The minimum absolute atomic E-state index is 0.0680. The first-order chi connectivity index (χ1) is 16.4. The SMILES string of the molecule is C[C@@H]([C@H]1[C@H](O)C[C@@]2(C)[C@@H]3CC=C4[C@@H](C=C(O)C(=O)C4(C)C)[C@]3(C)C(=O)C[C@]12C)[C@H]1OC(C)(C)CC1=O. The molecule has 5 rings (SSSR count). The lowest BCUT2D eigenvalue weighted by atomic mass is 9.39. The zero-order chi connectivity index (χ0) is 26.8. The molecule has 1 aliphatic heterocycles. The Morgan fingerprint density at radius 2 is 1.64 bits per heavy atom. The molecule has 0 aromatic heterocycles. The Kier molecular flexibility index (Phi) is 5.32. The molecule has 2 saturated carbocycles. The molecule has 0 radical (unpaired) electrons. The highest BCUT2D eigenvalue weighted by Gasteiger charge is 2.73. The average Bonchev–Trinajstić information content (AvgIpc) is 3.14. The molecule has 1 heterocycles. The third-order valence-electron chi connectivity index (χ3n) is 11.5. The Balaban J connectivity index is 1.58. The highest BCUT2D eigenvalue weighted by molar-refractivity contribution is 6.02. The maximum Gasteiger partial charge on any atom is 0.206 e. The van der Waals surface area contributed by atoms with E-state index in [9.17, 15) is 24.6 Å². The second kappa shape index (κ2) is 7.41. The van der Waals surface area contributed by atoms with Crippen LogP contribution in [0.3, 0.4) is 0 Å². The van der Waals surface area contributed by atoms with Crippen LogP contribution in [0.25, 0.3) is 0 Å². The summed E-state index contributed by atoms with van der Waals surface area (Å²) in [6, 6.07) is 0. The fraction of sp³-hybridized carbons (Fsp3) is 0.767. The van der Waals surface area contributed by atoms with Crippen LogP contribution in [-0.2, 0) is 19.1 Å². The lowest BCUT2D eigenvalue weighted by Gasteiger charge is -2.63. The van der Waals surface area contributed by atoms with Crippen molar-refractivity contribution in [3.63, 3.8) is 0 Å². The quantitative estimate of drug-likeness (QED) is 0.533. The molecule has 0 aromatic carbocycles. The van der Waals surface area contributed by atoms with Crippen LogP contribution in [0.2, 0.25) is 0 Å². The number of ketones is 3. The summed E-state index contributed by atoms with van der Waals surface area (Å²) in [4.78, 5) is 40.0. The van der Waals surface area contributed by atoms with Crippen molar-refractivity contribution in [2.45, 2.75) is 98.9 Å². The summed E-state index contributed by atoms with van der Waals surface area (Å²) < 4.78 is 6.19. The van der Waals surface area contributed by atoms with Crippen LogP contribution < -0.4 is 0 Å². The van der Waals surface area contributed by atoms with Crippen molar-refractivity contribution >= 4 is 17.3 Å². The fourth-order valence-electron chi connectivity index (χ4n) is 9.51. The molecule has 3 fully saturated rings. The molecule has 0 unspecified atom stereocenters. The summed E-state index contributed by atoms with van der Waals surface area (Å²) in [5, 5.41) is 22.1. The van der Waals surface area contributed by atoms with E-state index in [1.165, 1.54) is 0 Å². The number of fused-ring (bicyclic) bond motifs is 5. The Morgan fingerprint density at radius 3 is 2.22 bits per heavy atom. The third kappa shape index (κ3) is 3.00. The molecule has 9 atom stereocenters. The van der Waals surface area contributed by atoms with E-state index in [4.69, 9.17) is 4.74 Å². The van der Waals surface area contributed by atoms with Gasteiger partial charge in [-0.3, -0.25) is 14.4 Å². The molecular weight excluding hydrogens is 456 g/mol. The van der Waals surface area contributed by atoms with Gasteiger partial charge in [-0.25, -0.2) is 0 Å². The number of carbonyl (C=O) groups is 3. The van der Waals surface area contributed by atoms with Crippen molar-refractivity contribution in [3.05, 3.63) is 23.5 Å². The standard InChI is InChI=1S/C30H42O6/c1-15(24-20(33)12-26(2,3)36-24)23-19(32)13-28(6)21-10-9-16-17(11-18(31)25(35)27(16,4)5)30(21,8)22(34)14-29(23,28)7/h9,11,15,17,19,21,23-24,31-32H,10,12-14H2,1-8H3/t15-,17+,19+,21-,23-,24+,28-,29+,30-/m0/s1. The van der Waals surface area contributed by atoms with Crippen LogP contribution in [0.5, 0.6) is 0 Å². The van der Waals surface area contributed by atoms with E-state index in [0.29, 0.717) is 25.7 Å². The second-order valence-electron chi connectivity index (χ2n) is 14.2. The fourth-order valence-corrected chi connectivity index (χ4v) is 9.51. The Labute approximate surface area is 214 Å². The van der Waals surface area contributed by atoms with Gasteiger partial charge in [-0.1, -0.05) is 39.3 Å². The summed E-state index contributed by atoms with van der Waals surface area (Å²) >= 11 is 0. The molecule has 5 aliphatic rings. The van der Waals surface area contributed by atoms with E-state index in [2.05, 4.69) is 19.9 Å². The average molecular weight is 499 g/mol. The number of allylic oxidation sites excluding steroid dienone is 4. The number of aliphatic hydroxyl groups excluding tert-OH is 2. The molecule has 198 valence electrons. The number of hydrogen-bond donors (Lipinski definition) is 2. The first-order valence-electron chi connectivity index (χ1n) is 13.5. The molecule has 4 aliphatic carbocycles. The maximum atomic E-state index is 14.3. The third-order valence-corrected chi connectivity index (χ3v) is 11.5. The zero-order valence-corrected chi connectivity index (χ0v) is 23.0. The summed E-state index contributed by atoms with van der Waals surface area (Å²) in [7, 11) is 0. The molecule has 6 nitrogen and oxygen atoms in total. The van der Waals surface area contributed by atoms with Crippen LogP contribution in [0.4, 0.5) is 0 Å². The van der Waals surface area contributed by atoms with E-state index in [0.717, 1.165) is 5.57 Å². The van der Waals surface area contributed by atoms with E-state index >= 15 is 0 Å². The van der Waals surface area contributed by atoms with Crippen molar-refractivity contribution in [3.8, 4) is 0 Å². The highest BCUT2D eigenvalue weighted by Crippen LogP contribution is 2.73. The van der Waals surface area contributed by atoms with E-state index in [1.54, 1.807) is 6.08 Å². The van der Waals surface area contributed by atoms with Crippen LogP contribution in [0.15, 0.2) is 23.5 Å². The van der Waals surface area contributed by atoms with Crippen molar-refractivity contribution in [1.29, 1.82) is 0 Å². The molecule has 2 N–H and O–H groups in total. The van der Waals surface area contributed by atoms with Crippen molar-refractivity contribution in [2.24, 2.45) is 45.3 Å². The number of ether oxygens (including phenoxy) is 1. The van der Waals surface area contributed by atoms with Gasteiger partial charge in [0.05, 0.1) is 17.1 Å². The highest BCUT2D eigenvalue weighted by atomic mass is 16.5. The number of hydrogen-bond acceptors (Lipinski definition) is 6. The van der Waals surface area contributed by atoms with Crippen LogP contribution in [-0.4, -0.2) is 45.4 Å².